The van der Waals surface area contributed by atoms with E-state index in [1.807, 2.05) is 24.3 Å². The van der Waals surface area contributed by atoms with Crippen molar-refractivity contribution in [2.24, 2.45) is 5.92 Å². The lowest BCUT2D eigenvalue weighted by Gasteiger charge is -2.42. The SMILES string of the molecule is N#CC[C@]1(n2ncc(-c3cc(-c4cc(N)[nH]n4)cc4ncccc34)n2)C[C@H](C#N)C1. The van der Waals surface area contributed by atoms with Crippen LogP contribution in [0.15, 0.2) is 42.7 Å². The van der Waals surface area contributed by atoms with Crippen LogP contribution in [0.2, 0.25) is 0 Å². The fourth-order valence-corrected chi connectivity index (χ4v) is 4.12. The Morgan fingerprint density at radius 3 is 2.83 bits per heavy atom. The molecule has 1 saturated carbocycles. The molecular weight excluding hydrogens is 378 g/mol. The van der Waals surface area contributed by atoms with Crippen molar-refractivity contribution in [3.8, 4) is 34.7 Å². The van der Waals surface area contributed by atoms with Crippen LogP contribution in [-0.2, 0) is 5.54 Å². The number of fused-ring (bicyclic) bond motifs is 1. The molecule has 5 rings (SSSR count). The minimum atomic E-state index is -0.518. The van der Waals surface area contributed by atoms with Crippen molar-refractivity contribution in [2.45, 2.75) is 24.8 Å². The van der Waals surface area contributed by atoms with Gasteiger partial charge in [0.25, 0.3) is 0 Å². The second-order valence-corrected chi connectivity index (χ2v) is 7.62. The molecular formula is C21H17N9. The molecule has 0 bridgehead atoms. The minimum Gasteiger partial charge on any atom is -0.384 e. The average molecular weight is 395 g/mol. The van der Waals surface area contributed by atoms with Crippen LogP contribution in [0.1, 0.15) is 19.3 Å². The zero-order valence-electron chi connectivity index (χ0n) is 15.9. The average Bonchev–Trinajstić information content (AvgIpc) is 3.39. The highest BCUT2D eigenvalue weighted by molar-refractivity contribution is 5.96. The molecule has 30 heavy (non-hydrogen) atoms. The van der Waals surface area contributed by atoms with E-state index >= 15 is 0 Å². The van der Waals surface area contributed by atoms with Gasteiger partial charge in [-0.05, 0) is 31.0 Å². The predicted molar refractivity (Wildman–Crippen MR) is 109 cm³/mol. The monoisotopic (exact) mass is 395 g/mol. The molecule has 3 aromatic heterocycles. The Kier molecular flexibility index (Phi) is 3.97. The van der Waals surface area contributed by atoms with Crippen molar-refractivity contribution in [2.75, 3.05) is 5.73 Å². The van der Waals surface area contributed by atoms with Crippen molar-refractivity contribution >= 4 is 16.7 Å². The molecule has 0 amide bonds. The Balaban J connectivity index is 1.62. The molecule has 1 aliphatic carbocycles. The van der Waals surface area contributed by atoms with Crippen molar-refractivity contribution < 1.29 is 0 Å². The zero-order valence-corrected chi connectivity index (χ0v) is 15.9. The van der Waals surface area contributed by atoms with Gasteiger partial charge < -0.3 is 5.73 Å². The lowest BCUT2D eigenvalue weighted by atomic mass is 9.68. The number of rotatable bonds is 4. The molecule has 9 nitrogen and oxygen atoms in total. The number of anilines is 1. The Bertz CT molecular complexity index is 1330. The van der Waals surface area contributed by atoms with Gasteiger partial charge in [-0.2, -0.15) is 30.6 Å². The summed E-state index contributed by atoms with van der Waals surface area (Å²) in [6.07, 6.45) is 4.88. The van der Waals surface area contributed by atoms with Gasteiger partial charge in [-0.15, -0.1) is 0 Å². The fourth-order valence-electron chi connectivity index (χ4n) is 4.12. The third-order valence-electron chi connectivity index (χ3n) is 5.65. The molecule has 0 unspecified atom stereocenters. The Labute approximate surface area is 171 Å². The standard InChI is InChI=1S/C21H17N9/c22-4-3-21(9-13(10-21)11-23)30-26-12-19(29-30)16-6-14(17-8-20(24)28-27-17)7-18-15(16)2-1-5-25-18/h1-2,5-8,12-13H,3,9-10H2,(H3,24,27,28)/t13-,21-. The molecule has 0 saturated heterocycles. The molecule has 4 aromatic rings. The smallest absolute Gasteiger partial charge is 0.119 e. The minimum absolute atomic E-state index is 0.0636. The highest BCUT2D eigenvalue weighted by Gasteiger charge is 2.48. The first-order chi connectivity index (χ1) is 14.6. The van der Waals surface area contributed by atoms with Crippen molar-refractivity contribution in [1.29, 1.82) is 10.5 Å². The largest absolute Gasteiger partial charge is 0.384 e. The van der Waals surface area contributed by atoms with Gasteiger partial charge in [-0.25, -0.2) is 0 Å². The highest BCUT2D eigenvalue weighted by Crippen LogP contribution is 2.45. The number of nitrogen functional groups attached to an aromatic ring is 1. The van der Waals surface area contributed by atoms with Crippen LogP contribution in [0, 0.1) is 28.6 Å². The molecule has 3 heterocycles. The van der Waals surface area contributed by atoms with Crippen molar-refractivity contribution in [3.63, 3.8) is 0 Å². The summed E-state index contributed by atoms with van der Waals surface area (Å²) in [6, 6.07) is 14.1. The summed E-state index contributed by atoms with van der Waals surface area (Å²) in [7, 11) is 0. The van der Waals surface area contributed by atoms with Crippen LogP contribution < -0.4 is 5.73 Å². The zero-order chi connectivity index (χ0) is 20.7. The third kappa shape index (κ3) is 2.76. The number of benzene rings is 1. The summed E-state index contributed by atoms with van der Waals surface area (Å²) in [5, 5.41) is 35.6. The first-order valence-electron chi connectivity index (χ1n) is 9.52. The van der Waals surface area contributed by atoms with Gasteiger partial charge >= 0.3 is 0 Å². The predicted octanol–water partition coefficient (Wildman–Crippen LogP) is 3.01. The van der Waals surface area contributed by atoms with Crippen LogP contribution in [0.25, 0.3) is 33.4 Å². The Morgan fingerprint density at radius 1 is 1.23 bits per heavy atom. The van der Waals surface area contributed by atoms with E-state index in [1.54, 1.807) is 23.3 Å². The molecule has 3 N–H and O–H groups in total. The normalized spacial score (nSPS) is 20.4. The van der Waals surface area contributed by atoms with Crippen LogP contribution in [0.3, 0.4) is 0 Å². The number of nitrogens with two attached hydrogens (primary N) is 1. The van der Waals surface area contributed by atoms with Crippen LogP contribution in [-0.4, -0.2) is 30.2 Å². The number of hydrogen-bond acceptors (Lipinski definition) is 7. The van der Waals surface area contributed by atoms with Gasteiger partial charge in [0.1, 0.15) is 11.5 Å². The topological polar surface area (TPSA) is 146 Å². The summed E-state index contributed by atoms with van der Waals surface area (Å²) in [4.78, 5) is 6.10. The Morgan fingerprint density at radius 2 is 2.10 bits per heavy atom. The second-order valence-electron chi connectivity index (χ2n) is 7.62. The van der Waals surface area contributed by atoms with E-state index in [1.165, 1.54) is 0 Å². The van der Waals surface area contributed by atoms with Crippen molar-refractivity contribution in [1.82, 2.24) is 30.2 Å². The number of aromatic amines is 1. The van der Waals surface area contributed by atoms with E-state index in [0.717, 1.165) is 22.0 Å². The lowest BCUT2D eigenvalue weighted by Crippen LogP contribution is -2.47. The number of pyridine rings is 1. The first kappa shape index (κ1) is 17.8. The van der Waals surface area contributed by atoms with E-state index in [0.29, 0.717) is 30.0 Å². The first-order valence-corrected chi connectivity index (χ1v) is 9.52. The molecule has 1 aliphatic rings. The quantitative estimate of drug-likeness (QED) is 0.540. The fraction of sp³-hybridized carbons (Fsp3) is 0.238. The van der Waals surface area contributed by atoms with Gasteiger partial charge in [0.15, 0.2) is 0 Å². The van der Waals surface area contributed by atoms with E-state index < -0.39 is 5.54 Å². The van der Waals surface area contributed by atoms with Gasteiger partial charge in [0, 0.05) is 28.8 Å². The third-order valence-corrected chi connectivity index (χ3v) is 5.65. The molecule has 0 spiro atoms. The summed E-state index contributed by atoms with van der Waals surface area (Å²) < 4.78 is 0. The van der Waals surface area contributed by atoms with Crippen LogP contribution in [0.4, 0.5) is 5.82 Å². The van der Waals surface area contributed by atoms with Gasteiger partial charge in [-0.1, -0.05) is 6.07 Å². The molecule has 1 fully saturated rings. The van der Waals surface area contributed by atoms with Crippen LogP contribution in [0.5, 0.6) is 0 Å². The van der Waals surface area contributed by atoms with Gasteiger partial charge in [-0.3, -0.25) is 10.1 Å². The maximum Gasteiger partial charge on any atom is 0.119 e. The highest BCUT2D eigenvalue weighted by atomic mass is 15.5. The number of nitrogens with one attached hydrogen (secondary N) is 1. The van der Waals surface area contributed by atoms with Gasteiger partial charge in [0.05, 0.1) is 47.4 Å². The summed E-state index contributed by atoms with van der Waals surface area (Å²) in [5.74, 6) is 0.417. The molecule has 0 radical (unpaired) electrons. The second kappa shape index (κ2) is 6.68. The number of nitrogens with zero attached hydrogens (tertiary/aromatic N) is 7. The molecule has 0 atom stereocenters. The molecule has 146 valence electrons. The summed E-state index contributed by atoms with van der Waals surface area (Å²) >= 11 is 0. The van der Waals surface area contributed by atoms with Crippen molar-refractivity contribution in [3.05, 3.63) is 42.7 Å². The van der Waals surface area contributed by atoms with Gasteiger partial charge in [0.2, 0.25) is 0 Å². The molecule has 1 aromatic carbocycles. The number of H-pyrrole nitrogens is 1. The Hall–Kier alpha value is -4.24. The maximum absolute atomic E-state index is 9.29. The molecule has 0 aliphatic heterocycles. The molecule has 9 heteroatoms. The lowest BCUT2D eigenvalue weighted by molar-refractivity contribution is 0.0713. The maximum atomic E-state index is 9.29. The number of nitriles is 2. The number of hydrogen-bond donors (Lipinski definition) is 2. The van der Waals surface area contributed by atoms with E-state index in [4.69, 9.17) is 16.1 Å². The summed E-state index contributed by atoms with van der Waals surface area (Å²) in [6.45, 7) is 0. The summed E-state index contributed by atoms with van der Waals surface area (Å²) in [5.41, 5.74) is 9.20. The van der Waals surface area contributed by atoms with E-state index in [9.17, 15) is 5.26 Å². The van der Waals surface area contributed by atoms with E-state index in [-0.39, 0.29) is 12.3 Å². The van der Waals surface area contributed by atoms with Crippen LogP contribution >= 0.6 is 0 Å². The van der Waals surface area contributed by atoms with E-state index in [2.05, 4.69) is 32.4 Å². The number of aromatic nitrogens is 6.